The molecular weight excluding hydrogens is 316 g/mol. The highest BCUT2D eigenvalue weighted by molar-refractivity contribution is 5.94. The summed E-state index contributed by atoms with van der Waals surface area (Å²) < 4.78 is 4.81. The van der Waals surface area contributed by atoms with Gasteiger partial charge in [-0.3, -0.25) is 19.9 Å². The molecule has 124 valence electrons. The van der Waals surface area contributed by atoms with Gasteiger partial charge >= 0.3 is 0 Å². The summed E-state index contributed by atoms with van der Waals surface area (Å²) in [6.45, 7) is 1.79. The van der Waals surface area contributed by atoms with E-state index in [1.165, 1.54) is 25.6 Å². The van der Waals surface area contributed by atoms with Crippen molar-refractivity contribution in [3.05, 3.63) is 57.4 Å². The van der Waals surface area contributed by atoms with Gasteiger partial charge in [0, 0.05) is 29.3 Å². The van der Waals surface area contributed by atoms with Crippen molar-refractivity contribution < 1.29 is 19.6 Å². The van der Waals surface area contributed by atoms with Gasteiger partial charge in [0.05, 0.1) is 23.8 Å². The highest BCUT2D eigenvalue weighted by Gasteiger charge is 2.12. The normalized spacial score (nSPS) is 10.6. The van der Waals surface area contributed by atoms with E-state index in [4.69, 9.17) is 4.74 Å². The van der Waals surface area contributed by atoms with Gasteiger partial charge in [0.2, 0.25) is 0 Å². The van der Waals surface area contributed by atoms with Crippen molar-refractivity contribution in [1.82, 2.24) is 10.4 Å². The van der Waals surface area contributed by atoms with Crippen LogP contribution in [0.1, 0.15) is 21.6 Å². The molecule has 0 atom stereocenters. The van der Waals surface area contributed by atoms with Crippen LogP contribution in [0.25, 0.3) is 0 Å². The molecule has 1 amide bonds. The first-order valence-corrected chi connectivity index (χ1v) is 6.72. The van der Waals surface area contributed by atoms with Gasteiger partial charge in [-0.05, 0) is 25.1 Å². The van der Waals surface area contributed by atoms with Crippen LogP contribution >= 0.6 is 0 Å². The van der Waals surface area contributed by atoms with Crippen LogP contribution in [0.4, 0.5) is 5.69 Å². The van der Waals surface area contributed by atoms with Crippen LogP contribution in [-0.4, -0.2) is 29.1 Å². The van der Waals surface area contributed by atoms with E-state index >= 15 is 0 Å². The number of amides is 1. The summed E-state index contributed by atoms with van der Waals surface area (Å²) in [7, 11) is 1.23. The number of benzene rings is 1. The number of hydrogen-bond acceptors (Lipinski definition) is 7. The number of nitro groups is 1. The number of hydrazone groups is 1. The molecular formula is C15H13N4O5-. The van der Waals surface area contributed by atoms with E-state index in [0.29, 0.717) is 5.56 Å². The first kappa shape index (κ1) is 16.9. The quantitative estimate of drug-likeness (QED) is 0.497. The maximum atomic E-state index is 11.9. The van der Waals surface area contributed by atoms with E-state index in [-0.39, 0.29) is 11.3 Å². The first-order valence-electron chi connectivity index (χ1n) is 6.72. The topological polar surface area (TPSA) is 130 Å². The van der Waals surface area contributed by atoms with Crippen molar-refractivity contribution in [3.63, 3.8) is 0 Å². The lowest BCUT2D eigenvalue weighted by Crippen LogP contribution is -2.17. The minimum absolute atomic E-state index is 0.181. The Bertz CT molecular complexity index is 802. The van der Waals surface area contributed by atoms with Crippen LogP contribution in [-0.2, 0) is 0 Å². The Labute approximate surface area is 136 Å². The molecule has 0 unspecified atom stereocenters. The van der Waals surface area contributed by atoms with E-state index in [1.54, 1.807) is 19.1 Å². The number of aryl methyl sites for hydroxylation is 1. The van der Waals surface area contributed by atoms with E-state index in [2.05, 4.69) is 15.5 Å². The molecule has 2 aromatic rings. The Morgan fingerprint density at radius 1 is 1.42 bits per heavy atom. The number of aromatic nitrogens is 1. The molecule has 0 saturated carbocycles. The van der Waals surface area contributed by atoms with Crippen LogP contribution in [0.2, 0.25) is 0 Å². The highest BCUT2D eigenvalue weighted by atomic mass is 16.6. The van der Waals surface area contributed by atoms with Crippen molar-refractivity contribution in [2.24, 2.45) is 5.10 Å². The van der Waals surface area contributed by atoms with Gasteiger partial charge in [-0.25, -0.2) is 5.43 Å². The molecule has 0 aliphatic rings. The smallest absolute Gasteiger partial charge is 0.272 e. The molecule has 24 heavy (non-hydrogen) atoms. The van der Waals surface area contributed by atoms with Gasteiger partial charge in [0.15, 0.2) is 0 Å². The van der Waals surface area contributed by atoms with Crippen LogP contribution in [0.15, 0.2) is 35.6 Å². The van der Waals surface area contributed by atoms with Gasteiger partial charge in [-0.15, -0.1) is 0 Å². The number of ether oxygens (including phenoxy) is 1. The van der Waals surface area contributed by atoms with E-state index in [9.17, 15) is 20.0 Å². The number of nitro benzene ring substituents is 1. The average Bonchev–Trinajstić information content (AvgIpc) is 2.56. The fourth-order valence-corrected chi connectivity index (χ4v) is 1.80. The van der Waals surface area contributed by atoms with Gasteiger partial charge in [-0.1, -0.05) is 0 Å². The Kier molecular flexibility index (Phi) is 5.05. The molecule has 0 bridgehead atoms. The largest absolute Gasteiger partial charge is 0.865 e. The molecule has 0 spiro atoms. The number of nitrogens with zero attached hydrogens (tertiary/aromatic N) is 3. The van der Waals surface area contributed by atoms with Crippen LogP contribution < -0.4 is 15.3 Å². The van der Waals surface area contributed by atoms with Gasteiger partial charge in [0.25, 0.3) is 11.6 Å². The molecule has 1 N–H and O–H groups in total. The first-order chi connectivity index (χ1) is 11.4. The molecule has 0 aliphatic heterocycles. The highest BCUT2D eigenvalue weighted by Crippen LogP contribution is 2.33. The summed E-state index contributed by atoms with van der Waals surface area (Å²) in [5, 5.41) is 26.3. The third kappa shape index (κ3) is 3.83. The fraction of sp³-hybridized carbons (Fsp3) is 0.133. The predicted molar refractivity (Wildman–Crippen MR) is 83.1 cm³/mol. The lowest BCUT2D eigenvalue weighted by Gasteiger charge is -2.12. The molecule has 0 saturated heterocycles. The Balaban J connectivity index is 2.16. The number of methoxy groups -OCH3 is 1. The molecule has 1 aromatic heterocycles. The number of carbonyl (C=O) groups is 1. The second-order valence-corrected chi connectivity index (χ2v) is 4.72. The van der Waals surface area contributed by atoms with Gasteiger partial charge in [-0.2, -0.15) is 5.10 Å². The molecule has 9 nitrogen and oxygen atoms in total. The van der Waals surface area contributed by atoms with Crippen LogP contribution in [0.5, 0.6) is 11.5 Å². The van der Waals surface area contributed by atoms with E-state index < -0.39 is 22.3 Å². The third-order valence-electron chi connectivity index (χ3n) is 3.03. The lowest BCUT2D eigenvalue weighted by molar-refractivity contribution is -0.398. The molecule has 0 aliphatic carbocycles. The summed E-state index contributed by atoms with van der Waals surface area (Å²) in [6, 6.07) is 5.61. The van der Waals surface area contributed by atoms with Crippen molar-refractivity contribution in [3.8, 4) is 11.5 Å². The zero-order valence-electron chi connectivity index (χ0n) is 12.8. The molecule has 1 heterocycles. The number of carbonyl (C=O) groups excluding carboxylic acids is 1. The standard InChI is InChI=1S/C15H14N4O5/c1-9-3-4-11(8-16-9)15(21)18-17-7-10-5-12(19(22)23)14(20)13(6-10)24-2/h3-8,20H,1-2H3,(H,18,21)/p-1/b17-7-. The second-order valence-electron chi connectivity index (χ2n) is 4.72. The number of rotatable bonds is 5. The summed E-state index contributed by atoms with van der Waals surface area (Å²) in [5.41, 5.74) is 2.96. The minimum Gasteiger partial charge on any atom is -0.865 e. The minimum atomic E-state index is -0.825. The SMILES string of the molecule is COc1cc(/C=N\NC(=O)c2ccc(C)nc2)cc([N+](=O)[O-])c1[O-]. The monoisotopic (exact) mass is 329 g/mol. The molecule has 9 heteroatoms. The number of hydrogen-bond donors (Lipinski definition) is 1. The van der Waals surface area contributed by atoms with E-state index in [0.717, 1.165) is 11.8 Å². The number of pyridine rings is 1. The van der Waals surface area contributed by atoms with Crippen molar-refractivity contribution in [1.29, 1.82) is 0 Å². The molecule has 1 aromatic carbocycles. The maximum absolute atomic E-state index is 11.9. The number of nitrogens with one attached hydrogen (secondary N) is 1. The molecule has 2 rings (SSSR count). The fourth-order valence-electron chi connectivity index (χ4n) is 1.80. The average molecular weight is 329 g/mol. The van der Waals surface area contributed by atoms with Crippen molar-refractivity contribution in [2.45, 2.75) is 6.92 Å². The Hall–Kier alpha value is -3.49. The summed E-state index contributed by atoms with van der Waals surface area (Å²) in [5.74, 6) is -1.49. The molecule has 0 radical (unpaired) electrons. The lowest BCUT2D eigenvalue weighted by atomic mass is 10.2. The predicted octanol–water partition coefficient (Wildman–Crippen LogP) is 1.14. The summed E-state index contributed by atoms with van der Waals surface area (Å²) in [6.07, 6.45) is 2.58. The Morgan fingerprint density at radius 2 is 2.17 bits per heavy atom. The zero-order valence-corrected chi connectivity index (χ0v) is 12.8. The third-order valence-corrected chi connectivity index (χ3v) is 3.03. The van der Waals surface area contributed by atoms with Crippen molar-refractivity contribution >= 4 is 17.8 Å². The van der Waals surface area contributed by atoms with Gasteiger partial charge in [0.1, 0.15) is 5.75 Å². The Morgan fingerprint density at radius 3 is 2.75 bits per heavy atom. The second kappa shape index (κ2) is 7.18. The van der Waals surface area contributed by atoms with Gasteiger partial charge < -0.3 is 9.84 Å². The van der Waals surface area contributed by atoms with Crippen LogP contribution in [0, 0.1) is 17.0 Å². The van der Waals surface area contributed by atoms with Crippen LogP contribution in [0.3, 0.4) is 0 Å². The summed E-state index contributed by atoms with van der Waals surface area (Å²) >= 11 is 0. The van der Waals surface area contributed by atoms with E-state index in [1.807, 2.05) is 0 Å². The molecule has 0 fully saturated rings. The zero-order chi connectivity index (χ0) is 17.7. The van der Waals surface area contributed by atoms with Crippen molar-refractivity contribution in [2.75, 3.05) is 7.11 Å². The maximum Gasteiger partial charge on any atom is 0.272 e. The summed E-state index contributed by atoms with van der Waals surface area (Å²) in [4.78, 5) is 25.9.